The van der Waals surface area contributed by atoms with Gasteiger partial charge in [0, 0.05) is 24.9 Å². The largest absolute Gasteiger partial charge is 0.373 e. The average Bonchev–Trinajstić information content (AvgIpc) is 2.74. The van der Waals surface area contributed by atoms with Crippen molar-refractivity contribution in [3.05, 3.63) is 27.9 Å². The lowest BCUT2D eigenvalue weighted by atomic mass is 10.0. The highest BCUT2D eigenvalue weighted by molar-refractivity contribution is 5.56. The van der Waals surface area contributed by atoms with Crippen LogP contribution in [0.4, 0.5) is 11.5 Å². The normalized spacial score (nSPS) is 23.0. The molecular formula is C12H17N3O3. The molecular weight excluding hydrogens is 234 g/mol. The van der Waals surface area contributed by atoms with Crippen molar-refractivity contribution in [3.63, 3.8) is 0 Å². The molecule has 1 saturated heterocycles. The van der Waals surface area contributed by atoms with E-state index in [1.165, 1.54) is 6.07 Å². The first-order valence-electron chi connectivity index (χ1n) is 6.00. The van der Waals surface area contributed by atoms with Crippen LogP contribution in [-0.2, 0) is 4.74 Å². The SMILES string of the molecule is Cc1ccc([N+](=O)[O-])c(NCC2(C)CCCO2)n1. The molecule has 1 aromatic heterocycles. The number of ether oxygens (including phenoxy) is 1. The molecule has 0 saturated carbocycles. The van der Waals surface area contributed by atoms with Gasteiger partial charge in [0.25, 0.3) is 0 Å². The molecule has 1 N–H and O–H groups in total. The van der Waals surface area contributed by atoms with Gasteiger partial charge in [0.2, 0.25) is 5.82 Å². The molecule has 18 heavy (non-hydrogen) atoms. The third-order valence-corrected chi connectivity index (χ3v) is 3.14. The number of aromatic nitrogens is 1. The molecule has 0 spiro atoms. The van der Waals surface area contributed by atoms with Gasteiger partial charge in [0.1, 0.15) is 0 Å². The zero-order valence-corrected chi connectivity index (χ0v) is 10.6. The van der Waals surface area contributed by atoms with Crippen molar-refractivity contribution in [1.82, 2.24) is 4.98 Å². The lowest BCUT2D eigenvalue weighted by Gasteiger charge is -2.23. The molecule has 2 rings (SSSR count). The van der Waals surface area contributed by atoms with E-state index in [2.05, 4.69) is 10.3 Å². The number of nitro groups is 1. The van der Waals surface area contributed by atoms with Gasteiger partial charge < -0.3 is 10.1 Å². The van der Waals surface area contributed by atoms with Gasteiger partial charge in [-0.3, -0.25) is 10.1 Å². The van der Waals surface area contributed by atoms with E-state index in [4.69, 9.17) is 4.74 Å². The van der Waals surface area contributed by atoms with Crippen molar-refractivity contribution in [2.24, 2.45) is 0 Å². The van der Waals surface area contributed by atoms with E-state index in [0.29, 0.717) is 12.4 Å². The Labute approximate surface area is 106 Å². The lowest BCUT2D eigenvalue weighted by Crippen LogP contribution is -2.33. The number of hydrogen-bond donors (Lipinski definition) is 1. The summed E-state index contributed by atoms with van der Waals surface area (Å²) in [5.41, 5.74) is 0.502. The second-order valence-corrected chi connectivity index (χ2v) is 4.83. The summed E-state index contributed by atoms with van der Waals surface area (Å²) >= 11 is 0. The lowest BCUT2D eigenvalue weighted by molar-refractivity contribution is -0.384. The first-order valence-corrected chi connectivity index (χ1v) is 6.00. The smallest absolute Gasteiger partial charge is 0.311 e. The average molecular weight is 251 g/mol. The third-order valence-electron chi connectivity index (χ3n) is 3.14. The van der Waals surface area contributed by atoms with Crippen molar-refractivity contribution < 1.29 is 9.66 Å². The summed E-state index contributed by atoms with van der Waals surface area (Å²) in [6.45, 7) is 5.10. The standard InChI is InChI=1S/C12H17N3O3/c1-9-4-5-10(15(16)17)11(14-9)13-8-12(2)6-3-7-18-12/h4-5H,3,6-8H2,1-2H3,(H,13,14). The Hall–Kier alpha value is -1.69. The monoisotopic (exact) mass is 251 g/mol. The minimum absolute atomic E-state index is 0.00203. The Balaban J connectivity index is 2.12. The van der Waals surface area contributed by atoms with Crippen molar-refractivity contribution in [1.29, 1.82) is 0 Å². The molecule has 0 amide bonds. The summed E-state index contributed by atoms with van der Waals surface area (Å²) in [7, 11) is 0. The van der Waals surface area contributed by atoms with Crippen LogP contribution in [0, 0.1) is 17.0 Å². The van der Waals surface area contributed by atoms with Crippen molar-refractivity contribution in [2.75, 3.05) is 18.5 Å². The van der Waals surface area contributed by atoms with Crippen LogP contribution >= 0.6 is 0 Å². The molecule has 0 radical (unpaired) electrons. The van der Waals surface area contributed by atoms with E-state index in [1.54, 1.807) is 6.07 Å². The maximum Gasteiger partial charge on any atom is 0.311 e. The Morgan fingerprint density at radius 3 is 3.00 bits per heavy atom. The quantitative estimate of drug-likeness (QED) is 0.656. The topological polar surface area (TPSA) is 77.3 Å². The van der Waals surface area contributed by atoms with E-state index in [0.717, 1.165) is 25.1 Å². The Morgan fingerprint density at radius 2 is 2.39 bits per heavy atom. The summed E-state index contributed by atoms with van der Waals surface area (Å²) < 4.78 is 5.63. The molecule has 0 bridgehead atoms. The first kappa shape index (κ1) is 12.8. The van der Waals surface area contributed by atoms with Crippen LogP contribution in [0.1, 0.15) is 25.5 Å². The van der Waals surface area contributed by atoms with Gasteiger partial charge in [-0.05, 0) is 32.8 Å². The molecule has 1 aliphatic rings. The number of aryl methyl sites for hydroxylation is 1. The van der Waals surface area contributed by atoms with Gasteiger partial charge in [0.05, 0.1) is 10.5 Å². The number of hydrogen-bond acceptors (Lipinski definition) is 5. The molecule has 98 valence electrons. The van der Waals surface area contributed by atoms with Crippen molar-refractivity contribution in [3.8, 4) is 0 Å². The second-order valence-electron chi connectivity index (χ2n) is 4.83. The fourth-order valence-corrected chi connectivity index (χ4v) is 2.07. The van der Waals surface area contributed by atoms with Gasteiger partial charge in [-0.25, -0.2) is 4.98 Å². The van der Waals surface area contributed by atoms with Gasteiger partial charge in [-0.1, -0.05) is 0 Å². The van der Waals surface area contributed by atoms with Crippen LogP contribution in [0.15, 0.2) is 12.1 Å². The number of rotatable bonds is 4. The number of nitrogens with one attached hydrogen (secondary N) is 1. The second kappa shape index (κ2) is 4.89. The zero-order valence-electron chi connectivity index (χ0n) is 10.6. The van der Waals surface area contributed by atoms with Gasteiger partial charge in [-0.2, -0.15) is 0 Å². The fourth-order valence-electron chi connectivity index (χ4n) is 2.07. The fraction of sp³-hybridized carbons (Fsp3) is 0.583. The molecule has 1 unspecified atom stereocenters. The Morgan fingerprint density at radius 1 is 1.61 bits per heavy atom. The van der Waals surface area contributed by atoms with E-state index >= 15 is 0 Å². The molecule has 6 nitrogen and oxygen atoms in total. The van der Waals surface area contributed by atoms with Gasteiger partial charge in [0.15, 0.2) is 0 Å². The highest BCUT2D eigenvalue weighted by Gasteiger charge is 2.30. The molecule has 2 heterocycles. The van der Waals surface area contributed by atoms with E-state index in [9.17, 15) is 10.1 Å². The maximum atomic E-state index is 10.9. The summed E-state index contributed by atoms with van der Waals surface area (Å²) in [4.78, 5) is 14.7. The molecule has 0 aliphatic carbocycles. The number of anilines is 1. The third kappa shape index (κ3) is 2.76. The summed E-state index contributed by atoms with van der Waals surface area (Å²) in [5, 5.41) is 13.9. The highest BCUT2D eigenvalue weighted by atomic mass is 16.6. The van der Waals surface area contributed by atoms with Crippen LogP contribution < -0.4 is 5.32 Å². The van der Waals surface area contributed by atoms with E-state index in [1.807, 2.05) is 13.8 Å². The number of nitrogens with zero attached hydrogens (tertiary/aromatic N) is 2. The highest BCUT2D eigenvalue weighted by Crippen LogP contribution is 2.27. The van der Waals surface area contributed by atoms with Crippen LogP contribution in [0.5, 0.6) is 0 Å². The zero-order chi connectivity index (χ0) is 13.2. The predicted molar refractivity (Wildman–Crippen MR) is 67.7 cm³/mol. The Kier molecular flexibility index (Phi) is 3.47. The molecule has 1 aliphatic heterocycles. The van der Waals surface area contributed by atoms with Crippen LogP contribution in [0.2, 0.25) is 0 Å². The van der Waals surface area contributed by atoms with E-state index in [-0.39, 0.29) is 11.3 Å². The minimum atomic E-state index is -0.424. The van der Waals surface area contributed by atoms with Gasteiger partial charge >= 0.3 is 5.69 Å². The maximum absolute atomic E-state index is 10.9. The number of pyridine rings is 1. The molecule has 6 heteroatoms. The summed E-state index contributed by atoms with van der Waals surface area (Å²) in [6.07, 6.45) is 1.99. The van der Waals surface area contributed by atoms with Crippen molar-refractivity contribution >= 4 is 11.5 Å². The molecule has 1 aromatic rings. The first-order chi connectivity index (χ1) is 8.50. The molecule has 0 aromatic carbocycles. The predicted octanol–water partition coefficient (Wildman–Crippen LogP) is 2.28. The van der Waals surface area contributed by atoms with Crippen LogP contribution in [-0.4, -0.2) is 28.7 Å². The molecule has 1 fully saturated rings. The minimum Gasteiger partial charge on any atom is -0.373 e. The summed E-state index contributed by atoms with van der Waals surface area (Å²) in [6, 6.07) is 3.11. The Bertz CT molecular complexity index is 456. The van der Waals surface area contributed by atoms with Gasteiger partial charge in [-0.15, -0.1) is 0 Å². The summed E-state index contributed by atoms with van der Waals surface area (Å²) in [5.74, 6) is 0.316. The van der Waals surface area contributed by atoms with Crippen LogP contribution in [0.25, 0.3) is 0 Å². The van der Waals surface area contributed by atoms with Crippen molar-refractivity contribution in [2.45, 2.75) is 32.3 Å². The molecule has 1 atom stereocenters. The van der Waals surface area contributed by atoms with Crippen LogP contribution in [0.3, 0.4) is 0 Å². The van der Waals surface area contributed by atoms with E-state index < -0.39 is 4.92 Å².